The lowest BCUT2D eigenvalue weighted by atomic mass is 9.97. The van der Waals surface area contributed by atoms with E-state index < -0.39 is 11.9 Å². The van der Waals surface area contributed by atoms with Gasteiger partial charge in [-0.15, -0.1) is 0 Å². The summed E-state index contributed by atoms with van der Waals surface area (Å²) in [5.41, 5.74) is 0.952. The maximum absolute atomic E-state index is 12.0. The Morgan fingerprint density at radius 3 is 2.07 bits per heavy atom. The lowest BCUT2D eigenvalue weighted by Gasteiger charge is -2.11. The smallest absolute Gasteiger partial charge is 0.331 e. The molecule has 0 aliphatic carbocycles. The fourth-order valence-electron chi connectivity index (χ4n) is 2.91. The van der Waals surface area contributed by atoms with Gasteiger partial charge in [0, 0.05) is 17.7 Å². The molecule has 0 aliphatic rings. The highest BCUT2D eigenvalue weighted by Gasteiger charge is 2.10. The molecular formula is C23H22O4. The molecule has 0 saturated carbocycles. The third-order valence-corrected chi connectivity index (χ3v) is 4.49. The zero-order chi connectivity index (χ0) is 19.2. The zero-order valence-corrected chi connectivity index (χ0v) is 15.5. The standard InChI is InChI=1S/C23H22O4/c1-3-16(2)27-23(25)13-12-22(24)26-15-21-19-10-6-4-8-17(19)14-18-9-5-7-11-20(18)21/h4-14,16H,3,15H2,1-2H3/b13-12+/t16-/m0/s1. The van der Waals surface area contributed by atoms with Crippen LogP contribution in [-0.2, 0) is 25.7 Å². The van der Waals surface area contributed by atoms with Gasteiger partial charge in [-0.2, -0.15) is 0 Å². The third-order valence-electron chi connectivity index (χ3n) is 4.49. The summed E-state index contributed by atoms with van der Waals surface area (Å²) in [4.78, 5) is 23.7. The highest BCUT2D eigenvalue weighted by atomic mass is 16.5. The summed E-state index contributed by atoms with van der Waals surface area (Å²) in [6.07, 6.45) is 2.76. The van der Waals surface area contributed by atoms with Crippen molar-refractivity contribution in [2.75, 3.05) is 0 Å². The lowest BCUT2D eigenvalue weighted by Crippen LogP contribution is -2.12. The summed E-state index contributed by atoms with van der Waals surface area (Å²) in [5.74, 6) is -1.12. The fraction of sp³-hybridized carbons (Fsp3) is 0.217. The van der Waals surface area contributed by atoms with Crippen LogP contribution in [0.5, 0.6) is 0 Å². The fourth-order valence-corrected chi connectivity index (χ4v) is 2.91. The van der Waals surface area contributed by atoms with Crippen molar-refractivity contribution in [2.45, 2.75) is 33.0 Å². The molecule has 0 aromatic heterocycles. The van der Waals surface area contributed by atoms with Crippen LogP contribution in [0.4, 0.5) is 0 Å². The van der Waals surface area contributed by atoms with Crippen molar-refractivity contribution in [2.24, 2.45) is 0 Å². The number of esters is 2. The van der Waals surface area contributed by atoms with E-state index in [1.807, 2.05) is 55.5 Å². The molecule has 0 spiro atoms. The van der Waals surface area contributed by atoms with Crippen LogP contribution in [0.2, 0.25) is 0 Å². The van der Waals surface area contributed by atoms with E-state index in [0.717, 1.165) is 45.7 Å². The first-order valence-corrected chi connectivity index (χ1v) is 9.03. The number of fused-ring (bicyclic) bond motifs is 2. The highest BCUT2D eigenvalue weighted by molar-refractivity contribution is 6.02. The Hall–Kier alpha value is -3.14. The molecule has 3 rings (SSSR count). The van der Waals surface area contributed by atoms with Gasteiger partial charge in [-0.05, 0) is 41.0 Å². The number of carbonyl (C=O) groups excluding carboxylic acids is 2. The zero-order valence-electron chi connectivity index (χ0n) is 15.5. The van der Waals surface area contributed by atoms with Crippen molar-refractivity contribution in [1.82, 2.24) is 0 Å². The van der Waals surface area contributed by atoms with Gasteiger partial charge < -0.3 is 9.47 Å². The summed E-state index contributed by atoms with van der Waals surface area (Å²) in [5, 5.41) is 4.28. The molecule has 27 heavy (non-hydrogen) atoms. The number of hydrogen-bond acceptors (Lipinski definition) is 4. The summed E-state index contributed by atoms with van der Waals surface area (Å²) < 4.78 is 10.5. The number of carbonyl (C=O) groups is 2. The normalized spacial score (nSPS) is 12.4. The average Bonchev–Trinajstić information content (AvgIpc) is 2.69. The molecule has 0 amide bonds. The van der Waals surface area contributed by atoms with E-state index in [0.29, 0.717) is 0 Å². The van der Waals surface area contributed by atoms with E-state index in [2.05, 4.69) is 6.07 Å². The predicted octanol–water partition coefficient (Wildman–Crippen LogP) is 4.93. The number of hydrogen-bond donors (Lipinski definition) is 0. The Morgan fingerprint density at radius 1 is 0.926 bits per heavy atom. The maximum Gasteiger partial charge on any atom is 0.331 e. The molecule has 4 nitrogen and oxygen atoms in total. The monoisotopic (exact) mass is 362 g/mol. The van der Waals surface area contributed by atoms with E-state index in [-0.39, 0.29) is 12.7 Å². The van der Waals surface area contributed by atoms with Crippen LogP contribution in [0.25, 0.3) is 21.5 Å². The lowest BCUT2D eigenvalue weighted by molar-refractivity contribution is -0.143. The van der Waals surface area contributed by atoms with Crippen LogP contribution >= 0.6 is 0 Å². The molecule has 0 radical (unpaired) electrons. The molecule has 3 aromatic rings. The molecule has 3 aromatic carbocycles. The molecule has 0 unspecified atom stereocenters. The van der Waals surface area contributed by atoms with Gasteiger partial charge in [0.1, 0.15) is 6.61 Å². The minimum absolute atomic E-state index is 0.130. The average molecular weight is 362 g/mol. The van der Waals surface area contributed by atoms with E-state index in [1.54, 1.807) is 6.92 Å². The first-order chi connectivity index (χ1) is 13.1. The first-order valence-electron chi connectivity index (χ1n) is 9.03. The Morgan fingerprint density at radius 2 is 1.48 bits per heavy atom. The van der Waals surface area contributed by atoms with E-state index in [4.69, 9.17) is 9.47 Å². The molecule has 0 saturated heterocycles. The summed E-state index contributed by atoms with van der Waals surface area (Å²) >= 11 is 0. The summed E-state index contributed by atoms with van der Waals surface area (Å²) in [6, 6.07) is 18.1. The van der Waals surface area contributed by atoms with Crippen LogP contribution in [-0.4, -0.2) is 18.0 Å². The van der Waals surface area contributed by atoms with Gasteiger partial charge in [0.05, 0.1) is 6.10 Å². The van der Waals surface area contributed by atoms with E-state index >= 15 is 0 Å². The van der Waals surface area contributed by atoms with E-state index in [1.165, 1.54) is 0 Å². The SMILES string of the molecule is CC[C@H](C)OC(=O)/C=C/C(=O)OCc1c2ccccc2cc2ccccc12. The van der Waals surface area contributed by atoms with Crippen LogP contribution in [0, 0.1) is 0 Å². The van der Waals surface area contributed by atoms with Crippen molar-refractivity contribution in [3.05, 3.63) is 72.3 Å². The van der Waals surface area contributed by atoms with Crippen molar-refractivity contribution < 1.29 is 19.1 Å². The maximum atomic E-state index is 12.0. The Bertz CT molecular complexity index is 950. The second-order valence-electron chi connectivity index (χ2n) is 6.39. The Kier molecular flexibility index (Phi) is 5.87. The minimum Gasteiger partial charge on any atom is -0.460 e. The highest BCUT2D eigenvalue weighted by Crippen LogP contribution is 2.29. The van der Waals surface area contributed by atoms with Gasteiger partial charge in [0.2, 0.25) is 0 Å². The molecule has 1 atom stereocenters. The van der Waals surface area contributed by atoms with Crippen molar-refractivity contribution >= 4 is 33.5 Å². The van der Waals surface area contributed by atoms with Crippen molar-refractivity contribution in [1.29, 1.82) is 0 Å². The Balaban J connectivity index is 1.78. The topological polar surface area (TPSA) is 52.6 Å². The molecule has 0 N–H and O–H groups in total. The molecule has 0 heterocycles. The largest absolute Gasteiger partial charge is 0.460 e. The van der Waals surface area contributed by atoms with Gasteiger partial charge in [0.15, 0.2) is 0 Å². The first kappa shape index (κ1) is 18.6. The molecular weight excluding hydrogens is 340 g/mol. The molecule has 138 valence electrons. The molecule has 0 fully saturated rings. The van der Waals surface area contributed by atoms with Crippen LogP contribution in [0.15, 0.2) is 66.7 Å². The van der Waals surface area contributed by atoms with Crippen LogP contribution in [0.1, 0.15) is 25.8 Å². The van der Waals surface area contributed by atoms with Gasteiger partial charge in [-0.3, -0.25) is 0 Å². The Labute approximate surface area is 158 Å². The summed E-state index contributed by atoms with van der Waals surface area (Å²) in [6.45, 7) is 3.85. The third kappa shape index (κ3) is 4.53. The van der Waals surface area contributed by atoms with Crippen LogP contribution < -0.4 is 0 Å². The van der Waals surface area contributed by atoms with Gasteiger partial charge in [0.25, 0.3) is 0 Å². The second kappa shape index (κ2) is 8.49. The van der Waals surface area contributed by atoms with Crippen molar-refractivity contribution in [3.63, 3.8) is 0 Å². The molecule has 4 heteroatoms. The van der Waals surface area contributed by atoms with E-state index in [9.17, 15) is 9.59 Å². The minimum atomic E-state index is -0.576. The molecule has 0 bridgehead atoms. The van der Waals surface area contributed by atoms with Gasteiger partial charge >= 0.3 is 11.9 Å². The quantitative estimate of drug-likeness (QED) is 0.354. The number of rotatable bonds is 6. The van der Waals surface area contributed by atoms with Crippen molar-refractivity contribution in [3.8, 4) is 0 Å². The number of ether oxygens (including phenoxy) is 2. The number of benzene rings is 3. The van der Waals surface area contributed by atoms with Gasteiger partial charge in [-0.1, -0.05) is 55.5 Å². The van der Waals surface area contributed by atoms with Crippen LogP contribution in [0.3, 0.4) is 0 Å². The summed E-state index contributed by atoms with van der Waals surface area (Å²) in [7, 11) is 0. The second-order valence-corrected chi connectivity index (χ2v) is 6.39. The molecule has 0 aliphatic heterocycles. The predicted molar refractivity (Wildman–Crippen MR) is 106 cm³/mol. The van der Waals surface area contributed by atoms with Gasteiger partial charge in [-0.25, -0.2) is 9.59 Å².